The summed E-state index contributed by atoms with van der Waals surface area (Å²) in [6.45, 7) is 3.00. The van der Waals surface area contributed by atoms with Crippen LogP contribution in [0.1, 0.15) is 48.0 Å². The molecule has 1 amide bonds. The van der Waals surface area contributed by atoms with Crippen LogP contribution in [0.2, 0.25) is 0 Å². The van der Waals surface area contributed by atoms with E-state index in [1.165, 1.54) is 24.8 Å². The second-order valence-electron chi connectivity index (χ2n) is 4.14. The summed E-state index contributed by atoms with van der Waals surface area (Å²) in [5.74, 6) is 0.595. The van der Waals surface area contributed by atoms with E-state index in [0.717, 1.165) is 12.1 Å². The van der Waals surface area contributed by atoms with Crippen LogP contribution in [0, 0.1) is 0 Å². The predicted octanol–water partition coefficient (Wildman–Crippen LogP) is 2.70. The minimum Gasteiger partial charge on any atom is -0.351 e. The predicted molar refractivity (Wildman–Crippen MR) is 61.0 cm³/mol. The van der Waals surface area contributed by atoms with E-state index in [9.17, 15) is 4.79 Å². The highest BCUT2D eigenvalue weighted by atomic mass is 16.1. The summed E-state index contributed by atoms with van der Waals surface area (Å²) < 4.78 is 0. The summed E-state index contributed by atoms with van der Waals surface area (Å²) in [4.78, 5) is 11.6. The summed E-state index contributed by atoms with van der Waals surface area (Å²) in [6.07, 6.45) is 3.62. The fourth-order valence-corrected chi connectivity index (χ4v) is 2.19. The summed E-state index contributed by atoms with van der Waals surface area (Å²) >= 11 is 0. The van der Waals surface area contributed by atoms with E-state index in [1.54, 1.807) is 0 Å². The zero-order valence-corrected chi connectivity index (χ0v) is 9.12. The average molecular weight is 203 g/mol. The molecule has 15 heavy (non-hydrogen) atoms. The lowest BCUT2D eigenvalue weighted by Crippen LogP contribution is -2.34. The van der Waals surface area contributed by atoms with Gasteiger partial charge in [-0.25, -0.2) is 0 Å². The SMILES string of the molecule is CCCCC1CNC(=O)c2ccccc21. The highest BCUT2D eigenvalue weighted by molar-refractivity contribution is 5.97. The van der Waals surface area contributed by atoms with Crippen LogP contribution in [0.4, 0.5) is 0 Å². The van der Waals surface area contributed by atoms with Gasteiger partial charge in [-0.2, -0.15) is 0 Å². The Hall–Kier alpha value is -1.31. The number of hydrogen-bond acceptors (Lipinski definition) is 1. The van der Waals surface area contributed by atoms with E-state index in [0.29, 0.717) is 5.92 Å². The third kappa shape index (κ3) is 2.04. The molecular weight excluding hydrogens is 186 g/mol. The molecule has 0 saturated carbocycles. The molecule has 1 aliphatic rings. The van der Waals surface area contributed by atoms with Gasteiger partial charge in [0, 0.05) is 18.0 Å². The molecule has 2 rings (SSSR count). The fourth-order valence-electron chi connectivity index (χ4n) is 2.19. The highest BCUT2D eigenvalue weighted by Crippen LogP contribution is 2.27. The number of carbonyl (C=O) groups is 1. The van der Waals surface area contributed by atoms with Crippen LogP contribution in [-0.4, -0.2) is 12.5 Å². The van der Waals surface area contributed by atoms with E-state index in [4.69, 9.17) is 0 Å². The van der Waals surface area contributed by atoms with Gasteiger partial charge < -0.3 is 5.32 Å². The van der Waals surface area contributed by atoms with Crippen LogP contribution in [0.3, 0.4) is 0 Å². The normalized spacial score (nSPS) is 19.5. The molecule has 0 bridgehead atoms. The summed E-state index contributed by atoms with van der Waals surface area (Å²) in [5, 5.41) is 2.96. The van der Waals surface area contributed by atoms with Crippen molar-refractivity contribution in [2.45, 2.75) is 32.1 Å². The zero-order chi connectivity index (χ0) is 10.7. The standard InChI is InChI=1S/C13H17NO/c1-2-3-6-10-9-14-13(15)12-8-5-4-7-11(10)12/h4-5,7-8,10H,2-3,6,9H2,1H3,(H,14,15). The number of carbonyl (C=O) groups excluding carboxylic acids is 1. The molecule has 2 heteroatoms. The molecule has 1 heterocycles. The van der Waals surface area contributed by atoms with Crippen molar-refractivity contribution in [2.24, 2.45) is 0 Å². The van der Waals surface area contributed by atoms with Crippen LogP contribution in [-0.2, 0) is 0 Å². The van der Waals surface area contributed by atoms with Crippen molar-refractivity contribution in [1.29, 1.82) is 0 Å². The Morgan fingerprint density at radius 3 is 3.00 bits per heavy atom. The number of unbranched alkanes of at least 4 members (excludes halogenated alkanes) is 1. The molecule has 80 valence electrons. The largest absolute Gasteiger partial charge is 0.351 e. The van der Waals surface area contributed by atoms with Crippen molar-refractivity contribution in [3.05, 3.63) is 35.4 Å². The quantitative estimate of drug-likeness (QED) is 0.804. The van der Waals surface area contributed by atoms with Gasteiger partial charge >= 0.3 is 0 Å². The van der Waals surface area contributed by atoms with Crippen molar-refractivity contribution in [1.82, 2.24) is 5.32 Å². The lowest BCUT2D eigenvalue weighted by Gasteiger charge is -2.25. The van der Waals surface area contributed by atoms with Gasteiger partial charge in [-0.05, 0) is 18.1 Å². The highest BCUT2D eigenvalue weighted by Gasteiger charge is 2.23. The molecule has 1 N–H and O–H groups in total. The van der Waals surface area contributed by atoms with E-state index >= 15 is 0 Å². The van der Waals surface area contributed by atoms with Crippen LogP contribution < -0.4 is 5.32 Å². The Morgan fingerprint density at radius 2 is 2.20 bits per heavy atom. The van der Waals surface area contributed by atoms with Crippen molar-refractivity contribution in [2.75, 3.05) is 6.54 Å². The van der Waals surface area contributed by atoms with Crippen LogP contribution in [0.5, 0.6) is 0 Å². The van der Waals surface area contributed by atoms with Crippen LogP contribution in [0.25, 0.3) is 0 Å². The number of fused-ring (bicyclic) bond motifs is 1. The lowest BCUT2D eigenvalue weighted by molar-refractivity contribution is 0.0939. The first-order valence-corrected chi connectivity index (χ1v) is 5.70. The molecule has 1 aromatic rings. The zero-order valence-electron chi connectivity index (χ0n) is 9.12. The Labute approximate surface area is 90.7 Å². The number of amides is 1. The van der Waals surface area contributed by atoms with Crippen LogP contribution >= 0.6 is 0 Å². The molecule has 0 aliphatic carbocycles. The fraction of sp³-hybridized carbons (Fsp3) is 0.462. The minimum atomic E-state index is 0.0818. The Kier molecular flexibility index (Phi) is 3.05. The topological polar surface area (TPSA) is 29.1 Å². The third-order valence-electron chi connectivity index (χ3n) is 3.06. The van der Waals surface area contributed by atoms with Gasteiger partial charge in [0.25, 0.3) is 5.91 Å². The second-order valence-corrected chi connectivity index (χ2v) is 4.14. The number of nitrogens with one attached hydrogen (secondary N) is 1. The molecule has 2 nitrogen and oxygen atoms in total. The molecule has 1 atom stereocenters. The lowest BCUT2D eigenvalue weighted by atomic mass is 9.87. The first-order chi connectivity index (χ1) is 7.33. The molecule has 0 radical (unpaired) electrons. The maximum Gasteiger partial charge on any atom is 0.251 e. The molecule has 1 unspecified atom stereocenters. The second kappa shape index (κ2) is 4.47. The smallest absolute Gasteiger partial charge is 0.251 e. The molecule has 0 fully saturated rings. The first kappa shape index (κ1) is 10.2. The van der Waals surface area contributed by atoms with Gasteiger partial charge in [0.1, 0.15) is 0 Å². The third-order valence-corrected chi connectivity index (χ3v) is 3.06. The molecule has 0 aromatic heterocycles. The maximum atomic E-state index is 11.6. The monoisotopic (exact) mass is 203 g/mol. The Bertz CT molecular complexity index is 359. The molecular formula is C13H17NO. The molecule has 0 spiro atoms. The van der Waals surface area contributed by atoms with Crippen molar-refractivity contribution in [3.63, 3.8) is 0 Å². The minimum absolute atomic E-state index is 0.0818. The van der Waals surface area contributed by atoms with Crippen molar-refractivity contribution in [3.8, 4) is 0 Å². The first-order valence-electron chi connectivity index (χ1n) is 5.70. The summed E-state index contributed by atoms with van der Waals surface area (Å²) in [7, 11) is 0. The van der Waals surface area contributed by atoms with E-state index < -0.39 is 0 Å². The number of hydrogen-bond donors (Lipinski definition) is 1. The van der Waals surface area contributed by atoms with Gasteiger partial charge in [-0.1, -0.05) is 38.0 Å². The van der Waals surface area contributed by atoms with E-state index in [-0.39, 0.29) is 5.91 Å². The number of rotatable bonds is 3. The van der Waals surface area contributed by atoms with Gasteiger partial charge in [0.05, 0.1) is 0 Å². The molecule has 1 aliphatic heterocycles. The average Bonchev–Trinajstić information content (AvgIpc) is 2.29. The molecule has 1 aromatic carbocycles. The number of benzene rings is 1. The summed E-state index contributed by atoms with van der Waals surface area (Å²) in [6, 6.07) is 7.97. The van der Waals surface area contributed by atoms with Crippen molar-refractivity contribution >= 4 is 5.91 Å². The van der Waals surface area contributed by atoms with Crippen LogP contribution in [0.15, 0.2) is 24.3 Å². The molecule has 0 saturated heterocycles. The maximum absolute atomic E-state index is 11.6. The van der Waals surface area contributed by atoms with Gasteiger partial charge in [0.15, 0.2) is 0 Å². The van der Waals surface area contributed by atoms with Gasteiger partial charge in [-0.15, -0.1) is 0 Å². The summed E-state index contributed by atoms with van der Waals surface area (Å²) in [5.41, 5.74) is 2.10. The van der Waals surface area contributed by atoms with E-state index in [2.05, 4.69) is 18.3 Å². The van der Waals surface area contributed by atoms with Gasteiger partial charge in [0.2, 0.25) is 0 Å². The van der Waals surface area contributed by atoms with E-state index in [1.807, 2.05) is 18.2 Å². The Balaban J connectivity index is 2.24. The van der Waals surface area contributed by atoms with Crippen molar-refractivity contribution < 1.29 is 4.79 Å². The van der Waals surface area contributed by atoms with Gasteiger partial charge in [-0.3, -0.25) is 4.79 Å². The Morgan fingerprint density at radius 1 is 1.40 bits per heavy atom.